The van der Waals surface area contributed by atoms with Gasteiger partial charge in [-0.15, -0.1) is 11.3 Å². The third-order valence-electron chi connectivity index (χ3n) is 5.29. The molecule has 184 valence electrons. The first-order valence-electron chi connectivity index (χ1n) is 11.0. The molecule has 0 radical (unpaired) electrons. The van der Waals surface area contributed by atoms with Gasteiger partial charge in [0.1, 0.15) is 29.4 Å². The highest BCUT2D eigenvalue weighted by atomic mass is 35.5. The number of hydrogen-bond donors (Lipinski definition) is 1. The smallest absolute Gasteiger partial charge is 0.270 e. The first-order valence-corrected chi connectivity index (χ1v) is 12.6. The van der Waals surface area contributed by atoms with Crippen molar-refractivity contribution in [2.24, 2.45) is 0 Å². The highest BCUT2D eigenvalue weighted by molar-refractivity contribution is 7.80. The van der Waals surface area contributed by atoms with Gasteiger partial charge in [0.15, 0.2) is 9.58 Å². The highest BCUT2D eigenvalue weighted by Gasteiger charge is 2.34. The predicted molar refractivity (Wildman–Crippen MR) is 147 cm³/mol. The van der Waals surface area contributed by atoms with Crippen molar-refractivity contribution in [1.29, 1.82) is 0 Å². The molecule has 2 heterocycles. The van der Waals surface area contributed by atoms with E-state index in [0.29, 0.717) is 33.0 Å². The number of benzene rings is 3. The first-order chi connectivity index (χ1) is 18.0. The number of ether oxygens (including phenoxy) is 2. The van der Waals surface area contributed by atoms with Crippen LogP contribution in [-0.2, 0) is 16.2 Å². The molecule has 5 rings (SSSR count). The average Bonchev–Trinajstić information content (AvgIpc) is 3.32. The molecule has 7 nitrogen and oxygen atoms in total. The second-order valence-corrected chi connectivity index (χ2v) is 9.86. The van der Waals surface area contributed by atoms with Crippen LogP contribution < -0.4 is 19.7 Å². The van der Waals surface area contributed by atoms with Crippen LogP contribution in [0.2, 0.25) is 4.47 Å². The summed E-state index contributed by atoms with van der Waals surface area (Å²) in [6.45, 7) is 0.248. The third kappa shape index (κ3) is 5.69. The minimum absolute atomic E-state index is 0.00418. The number of hydrogen-bond acceptors (Lipinski definition) is 7. The molecule has 1 fully saturated rings. The normalized spacial score (nSPS) is 14.6. The fraction of sp³-hybridized carbons (Fsp3) is 0.0370. The number of nitrogens with zero attached hydrogens (tertiary/aromatic N) is 2. The van der Waals surface area contributed by atoms with Gasteiger partial charge >= 0.3 is 0 Å². The Labute approximate surface area is 226 Å². The highest BCUT2D eigenvalue weighted by Crippen LogP contribution is 2.29. The first kappa shape index (κ1) is 24.6. The lowest BCUT2D eigenvalue weighted by Gasteiger charge is -2.29. The molecule has 0 unspecified atom stereocenters. The van der Waals surface area contributed by atoms with Gasteiger partial charge in [-0.1, -0.05) is 48.0 Å². The number of thiazole rings is 1. The molecule has 1 saturated heterocycles. The van der Waals surface area contributed by atoms with Crippen molar-refractivity contribution in [3.63, 3.8) is 0 Å². The molecule has 4 aromatic rings. The quantitative estimate of drug-likeness (QED) is 0.174. The zero-order valence-corrected chi connectivity index (χ0v) is 21.5. The van der Waals surface area contributed by atoms with Crippen molar-refractivity contribution in [2.75, 3.05) is 4.90 Å². The van der Waals surface area contributed by atoms with Crippen LogP contribution >= 0.6 is 35.2 Å². The van der Waals surface area contributed by atoms with Gasteiger partial charge in [0.05, 0.1) is 10.6 Å². The SMILES string of the molecule is O=C1NC(=S)N(c2ccc(Oc3ccccc3)cc2)C(=O)/C1=C/c1ccccc1OCc1cnc(Cl)s1. The maximum Gasteiger partial charge on any atom is 0.270 e. The molecule has 10 heteroatoms. The summed E-state index contributed by atoms with van der Waals surface area (Å²) >= 11 is 12.5. The summed E-state index contributed by atoms with van der Waals surface area (Å²) in [4.78, 5) is 32.3. The van der Waals surface area contributed by atoms with Crippen LogP contribution in [0.25, 0.3) is 6.08 Å². The number of para-hydroxylation sites is 2. The number of anilines is 1. The summed E-state index contributed by atoms with van der Waals surface area (Å²) in [5.74, 6) is 0.658. The van der Waals surface area contributed by atoms with Gasteiger partial charge in [-0.05, 0) is 60.8 Å². The van der Waals surface area contributed by atoms with Crippen LogP contribution in [0.4, 0.5) is 5.69 Å². The molecule has 1 N–H and O–H groups in total. The molecule has 0 atom stereocenters. The average molecular weight is 548 g/mol. The summed E-state index contributed by atoms with van der Waals surface area (Å²) < 4.78 is 12.2. The van der Waals surface area contributed by atoms with Gasteiger partial charge in [0.2, 0.25) is 0 Å². The summed E-state index contributed by atoms with van der Waals surface area (Å²) in [6.07, 6.45) is 3.13. The summed E-state index contributed by atoms with van der Waals surface area (Å²) in [6, 6.07) is 23.3. The van der Waals surface area contributed by atoms with Gasteiger partial charge in [0.25, 0.3) is 11.8 Å². The van der Waals surface area contributed by atoms with Crippen LogP contribution in [0.3, 0.4) is 0 Å². The monoisotopic (exact) mass is 547 g/mol. The van der Waals surface area contributed by atoms with Gasteiger partial charge in [-0.25, -0.2) is 4.98 Å². The number of nitrogens with one attached hydrogen (secondary N) is 1. The molecule has 37 heavy (non-hydrogen) atoms. The Morgan fingerprint density at radius 2 is 1.68 bits per heavy atom. The van der Waals surface area contributed by atoms with E-state index in [9.17, 15) is 9.59 Å². The summed E-state index contributed by atoms with van der Waals surface area (Å²) in [5, 5.41) is 2.59. The minimum atomic E-state index is -0.584. The van der Waals surface area contributed by atoms with E-state index in [1.807, 2.05) is 30.3 Å². The van der Waals surface area contributed by atoms with Crippen LogP contribution in [0.1, 0.15) is 10.4 Å². The van der Waals surface area contributed by atoms with Crippen molar-refractivity contribution >= 4 is 63.8 Å². The molecule has 1 aromatic heterocycles. The second-order valence-electron chi connectivity index (χ2n) is 7.77. The van der Waals surface area contributed by atoms with E-state index in [0.717, 1.165) is 4.88 Å². The molecule has 0 saturated carbocycles. The topological polar surface area (TPSA) is 80.8 Å². The molecule has 0 spiro atoms. The Kier molecular flexibility index (Phi) is 7.27. The van der Waals surface area contributed by atoms with E-state index in [1.54, 1.807) is 54.7 Å². The molecule has 0 aliphatic carbocycles. The molecular weight excluding hydrogens is 530 g/mol. The standard InChI is InChI=1S/C27H18ClN3O4S2/c28-26-29-15-21(37-26)16-34-23-9-5-4-6-17(23)14-22-24(32)30-27(36)31(25(22)33)18-10-12-20(13-11-18)35-19-7-2-1-3-8-19/h1-15H,16H2,(H,30,32,36)/b22-14+. The number of thiocarbonyl (C=S) groups is 1. The van der Waals surface area contributed by atoms with Crippen molar-refractivity contribution in [2.45, 2.75) is 6.61 Å². The summed E-state index contributed by atoms with van der Waals surface area (Å²) in [5.41, 5.74) is 0.985. The minimum Gasteiger partial charge on any atom is -0.487 e. The third-order valence-corrected chi connectivity index (χ3v) is 6.66. The Morgan fingerprint density at radius 1 is 0.973 bits per heavy atom. The zero-order chi connectivity index (χ0) is 25.8. The maximum atomic E-state index is 13.4. The molecule has 1 aliphatic heterocycles. The number of aromatic nitrogens is 1. The number of halogens is 1. The number of rotatable bonds is 7. The number of amides is 2. The lowest BCUT2D eigenvalue weighted by Crippen LogP contribution is -2.54. The molecular formula is C27H18ClN3O4S2. The van der Waals surface area contributed by atoms with Crippen LogP contribution in [0, 0.1) is 0 Å². The fourth-order valence-electron chi connectivity index (χ4n) is 3.57. The zero-order valence-electron chi connectivity index (χ0n) is 19.1. The van der Waals surface area contributed by atoms with Crippen molar-refractivity contribution < 1.29 is 19.1 Å². The molecule has 2 amide bonds. The van der Waals surface area contributed by atoms with E-state index in [4.69, 9.17) is 33.3 Å². The van der Waals surface area contributed by atoms with E-state index < -0.39 is 11.8 Å². The number of carbonyl (C=O) groups excluding carboxylic acids is 2. The number of carbonyl (C=O) groups is 2. The van der Waals surface area contributed by atoms with Crippen LogP contribution in [0.15, 0.2) is 90.6 Å². The predicted octanol–water partition coefficient (Wildman–Crippen LogP) is 6.00. The summed E-state index contributed by atoms with van der Waals surface area (Å²) in [7, 11) is 0. The van der Waals surface area contributed by atoms with Crippen molar-refractivity contribution in [3.8, 4) is 17.2 Å². The van der Waals surface area contributed by atoms with E-state index >= 15 is 0 Å². The van der Waals surface area contributed by atoms with Gasteiger partial charge in [-0.3, -0.25) is 19.8 Å². The molecule has 3 aromatic carbocycles. The second kappa shape index (κ2) is 10.9. The Morgan fingerprint density at radius 3 is 2.41 bits per heavy atom. The van der Waals surface area contributed by atoms with Gasteiger partial charge < -0.3 is 9.47 Å². The Bertz CT molecular complexity index is 1500. The van der Waals surface area contributed by atoms with Crippen LogP contribution in [0.5, 0.6) is 17.2 Å². The van der Waals surface area contributed by atoms with Crippen molar-refractivity contribution in [1.82, 2.24) is 10.3 Å². The van der Waals surface area contributed by atoms with E-state index in [1.165, 1.54) is 22.3 Å². The van der Waals surface area contributed by atoms with Gasteiger partial charge in [-0.2, -0.15) is 0 Å². The fourth-order valence-corrected chi connectivity index (χ4v) is 4.74. The Hall–Kier alpha value is -4.05. The Balaban J connectivity index is 1.38. The largest absolute Gasteiger partial charge is 0.487 e. The molecule has 0 bridgehead atoms. The van der Waals surface area contributed by atoms with E-state index in [-0.39, 0.29) is 17.3 Å². The van der Waals surface area contributed by atoms with Crippen molar-refractivity contribution in [3.05, 3.63) is 106 Å². The van der Waals surface area contributed by atoms with E-state index in [2.05, 4.69) is 10.3 Å². The van der Waals surface area contributed by atoms with Crippen LogP contribution in [-0.4, -0.2) is 21.9 Å². The maximum absolute atomic E-state index is 13.4. The lowest BCUT2D eigenvalue weighted by atomic mass is 10.1. The van der Waals surface area contributed by atoms with Gasteiger partial charge in [0, 0.05) is 11.8 Å². The molecule has 1 aliphatic rings. The lowest BCUT2D eigenvalue weighted by molar-refractivity contribution is -0.122.